The monoisotopic (exact) mass is 606 g/mol. The first-order valence-electron chi connectivity index (χ1n) is 13.8. The molecule has 3 amide bonds. The lowest BCUT2D eigenvalue weighted by molar-refractivity contribution is -0.384. The van der Waals surface area contributed by atoms with Gasteiger partial charge >= 0.3 is 0 Å². The van der Waals surface area contributed by atoms with E-state index in [1.807, 2.05) is 48.5 Å². The van der Waals surface area contributed by atoms with Gasteiger partial charge in [-0.1, -0.05) is 66.2 Å². The van der Waals surface area contributed by atoms with Gasteiger partial charge in [-0.15, -0.1) is 0 Å². The summed E-state index contributed by atoms with van der Waals surface area (Å²) in [4.78, 5) is 54.2. The van der Waals surface area contributed by atoms with Crippen LogP contribution < -0.4 is 15.1 Å². The molecule has 1 fully saturated rings. The average molecular weight is 607 g/mol. The number of rotatable bonds is 6. The number of anilines is 1. The van der Waals surface area contributed by atoms with Gasteiger partial charge in [0.25, 0.3) is 11.6 Å². The van der Waals surface area contributed by atoms with Crippen molar-refractivity contribution >= 4 is 46.9 Å². The summed E-state index contributed by atoms with van der Waals surface area (Å²) in [5.74, 6) is -3.46. The van der Waals surface area contributed by atoms with Gasteiger partial charge in [0.05, 0.1) is 29.3 Å². The number of halogens is 1. The van der Waals surface area contributed by atoms with Gasteiger partial charge in [-0.2, -0.15) is 5.10 Å². The van der Waals surface area contributed by atoms with Crippen molar-refractivity contribution in [3.8, 4) is 5.75 Å². The lowest BCUT2D eigenvalue weighted by Gasteiger charge is -2.52. The van der Waals surface area contributed by atoms with Gasteiger partial charge in [0, 0.05) is 28.8 Å². The third-order valence-corrected chi connectivity index (χ3v) is 9.06. The van der Waals surface area contributed by atoms with E-state index >= 15 is 0 Å². The van der Waals surface area contributed by atoms with Crippen LogP contribution in [0.3, 0.4) is 0 Å². The molecular weight excluding hydrogens is 584 g/mol. The fraction of sp³-hybridized carbons (Fsp3) is 0.152. The van der Waals surface area contributed by atoms with Crippen molar-refractivity contribution in [1.82, 2.24) is 5.43 Å². The molecule has 0 aromatic heterocycles. The number of carbonyl (C=O) groups is 3. The van der Waals surface area contributed by atoms with Crippen LogP contribution in [-0.2, 0) is 15.0 Å². The Hall–Kier alpha value is -5.35. The Morgan fingerprint density at radius 1 is 0.977 bits per heavy atom. The van der Waals surface area contributed by atoms with Gasteiger partial charge in [0.1, 0.15) is 11.4 Å². The molecule has 3 aliphatic carbocycles. The Bertz CT molecular complexity index is 1890. The molecule has 4 aromatic rings. The number of ether oxygens (including phenoxy) is 1. The minimum atomic E-state index is -1.27. The van der Waals surface area contributed by atoms with Gasteiger partial charge in [0.15, 0.2) is 0 Å². The van der Waals surface area contributed by atoms with Crippen LogP contribution in [0.25, 0.3) is 0 Å². The van der Waals surface area contributed by atoms with Crippen LogP contribution in [0.2, 0.25) is 5.02 Å². The van der Waals surface area contributed by atoms with Crippen molar-refractivity contribution in [2.75, 3.05) is 12.0 Å². The molecular formula is C33H23ClN4O6. The van der Waals surface area contributed by atoms with Crippen molar-refractivity contribution in [2.45, 2.75) is 11.3 Å². The van der Waals surface area contributed by atoms with Crippen LogP contribution in [-0.4, -0.2) is 36.0 Å². The smallest absolute Gasteiger partial charge is 0.294 e. The van der Waals surface area contributed by atoms with E-state index in [1.54, 1.807) is 24.3 Å². The van der Waals surface area contributed by atoms with Crippen LogP contribution >= 0.6 is 11.6 Å². The Kier molecular flexibility index (Phi) is 6.33. The van der Waals surface area contributed by atoms with Gasteiger partial charge < -0.3 is 4.74 Å². The van der Waals surface area contributed by atoms with Gasteiger partial charge in [0.2, 0.25) is 11.8 Å². The topological polar surface area (TPSA) is 131 Å². The van der Waals surface area contributed by atoms with Crippen LogP contribution in [0.15, 0.2) is 96.1 Å². The molecule has 11 heteroatoms. The van der Waals surface area contributed by atoms with Crippen molar-refractivity contribution < 1.29 is 24.0 Å². The number of hydrazone groups is 1. The van der Waals surface area contributed by atoms with E-state index in [-0.39, 0.29) is 10.7 Å². The van der Waals surface area contributed by atoms with Crippen molar-refractivity contribution in [3.05, 3.63) is 134 Å². The van der Waals surface area contributed by atoms with E-state index in [0.29, 0.717) is 11.3 Å². The van der Waals surface area contributed by atoms with Crippen LogP contribution in [0.5, 0.6) is 5.75 Å². The fourth-order valence-corrected chi connectivity index (χ4v) is 7.31. The molecule has 4 aliphatic rings. The highest BCUT2D eigenvalue weighted by molar-refractivity contribution is 6.31. The first kappa shape index (κ1) is 27.5. The molecule has 4 aromatic carbocycles. The summed E-state index contributed by atoms with van der Waals surface area (Å²) in [6.07, 6.45) is 1.53. The average Bonchev–Trinajstić information content (AvgIpc) is 3.31. The number of carbonyl (C=O) groups excluding carboxylic acids is 3. The Morgan fingerprint density at radius 2 is 1.66 bits per heavy atom. The zero-order valence-corrected chi connectivity index (χ0v) is 23.9. The molecule has 2 atom stereocenters. The van der Waals surface area contributed by atoms with E-state index in [0.717, 1.165) is 33.2 Å². The van der Waals surface area contributed by atoms with E-state index in [4.69, 9.17) is 16.3 Å². The molecule has 1 aliphatic heterocycles. The molecule has 1 N–H and O–H groups in total. The molecule has 44 heavy (non-hydrogen) atoms. The Balaban J connectivity index is 1.40. The first-order chi connectivity index (χ1) is 21.3. The van der Waals surface area contributed by atoms with E-state index < -0.39 is 51.5 Å². The number of nitrogens with zero attached hydrogens (tertiary/aromatic N) is 3. The van der Waals surface area contributed by atoms with Crippen LogP contribution in [0, 0.1) is 22.0 Å². The SMILES string of the molecule is COc1cccc(C(=O)N/N=C\C23c4ccccc4C(c4ccccc42)[C@@H]2C(=O)N(c4ccc(Cl)cc4[N+](=O)[O-])C(=O)[C@@H]23)c1. The van der Waals surface area contributed by atoms with Crippen molar-refractivity contribution in [1.29, 1.82) is 0 Å². The highest BCUT2D eigenvalue weighted by Gasteiger charge is 2.68. The minimum absolute atomic E-state index is 0.104. The second-order valence-electron chi connectivity index (χ2n) is 10.9. The molecule has 8 rings (SSSR count). The van der Waals surface area contributed by atoms with Gasteiger partial charge in [-0.05, 0) is 52.6 Å². The molecule has 218 valence electrons. The summed E-state index contributed by atoms with van der Waals surface area (Å²) >= 11 is 6.05. The quantitative estimate of drug-likeness (QED) is 0.138. The summed E-state index contributed by atoms with van der Waals surface area (Å²) in [5, 5.41) is 16.5. The second kappa shape index (κ2) is 10.1. The predicted molar refractivity (Wildman–Crippen MR) is 162 cm³/mol. The van der Waals surface area contributed by atoms with E-state index in [1.165, 1.54) is 25.5 Å². The maximum Gasteiger partial charge on any atom is 0.294 e. The highest BCUT2D eigenvalue weighted by Crippen LogP contribution is 2.64. The molecule has 2 bridgehead atoms. The van der Waals surface area contributed by atoms with Gasteiger partial charge in [-0.25, -0.2) is 10.3 Å². The summed E-state index contributed by atoms with van der Waals surface area (Å²) in [6, 6.07) is 25.6. The number of imide groups is 1. The molecule has 0 unspecified atom stereocenters. The molecule has 1 saturated heterocycles. The maximum atomic E-state index is 14.5. The molecule has 0 saturated carbocycles. The standard InChI is InChI=1S/C33H23ClN4O6/c1-44-20-8-6-7-18(15-20)30(39)36-35-17-33-23-11-4-2-9-21(23)27(22-10-3-5-12-24(22)33)28-29(33)32(41)37(31(28)40)25-14-13-19(34)16-26(25)38(42)43/h2-17,27-29H,1H3,(H,36,39)/b35-17-/t27?,28-,29+,33?/m0/s1. The number of nitrogens with one attached hydrogen (secondary N) is 1. The Morgan fingerprint density at radius 3 is 2.32 bits per heavy atom. The second-order valence-corrected chi connectivity index (χ2v) is 11.3. The summed E-state index contributed by atoms with van der Waals surface area (Å²) in [5.41, 5.74) is 4.29. The first-order valence-corrected chi connectivity index (χ1v) is 14.1. The molecule has 1 heterocycles. The minimum Gasteiger partial charge on any atom is -0.497 e. The number of nitro groups is 1. The van der Waals surface area contributed by atoms with E-state index in [2.05, 4.69) is 10.5 Å². The number of hydrogen-bond acceptors (Lipinski definition) is 7. The predicted octanol–water partition coefficient (Wildman–Crippen LogP) is 5.22. The van der Waals surface area contributed by atoms with Crippen molar-refractivity contribution in [2.24, 2.45) is 16.9 Å². The van der Waals surface area contributed by atoms with Gasteiger partial charge in [-0.3, -0.25) is 24.5 Å². The number of amides is 3. The number of hydrogen-bond donors (Lipinski definition) is 1. The third kappa shape index (κ3) is 3.80. The number of benzene rings is 4. The molecule has 10 nitrogen and oxygen atoms in total. The highest BCUT2D eigenvalue weighted by atomic mass is 35.5. The summed E-state index contributed by atoms with van der Waals surface area (Å²) in [6.45, 7) is 0. The molecule has 0 spiro atoms. The lowest BCUT2D eigenvalue weighted by Crippen LogP contribution is -2.54. The summed E-state index contributed by atoms with van der Waals surface area (Å²) < 4.78 is 5.22. The maximum absolute atomic E-state index is 14.5. The fourth-order valence-electron chi connectivity index (χ4n) is 7.14. The Labute approximate surface area is 256 Å². The van der Waals surface area contributed by atoms with Crippen LogP contribution in [0.1, 0.15) is 38.5 Å². The van der Waals surface area contributed by atoms with Crippen LogP contribution in [0.4, 0.5) is 11.4 Å². The number of methoxy groups -OCH3 is 1. The zero-order chi connectivity index (χ0) is 30.7. The normalized spacial score (nSPS) is 22.9. The number of nitro benzene ring substituents is 1. The largest absolute Gasteiger partial charge is 0.497 e. The molecule has 0 radical (unpaired) electrons. The zero-order valence-electron chi connectivity index (χ0n) is 23.1. The lowest BCUT2D eigenvalue weighted by atomic mass is 9.47. The van der Waals surface area contributed by atoms with E-state index in [9.17, 15) is 24.5 Å². The summed E-state index contributed by atoms with van der Waals surface area (Å²) in [7, 11) is 1.50. The third-order valence-electron chi connectivity index (χ3n) is 8.83. The van der Waals surface area contributed by atoms with Crippen molar-refractivity contribution in [3.63, 3.8) is 0 Å².